The Kier molecular flexibility index (Phi) is 4.82. The molecule has 0 aromatic heterocycles. The number of ether oxygens (including phenoxy) is 1. The number of benzene rings is 1. The monoisotopic (exact) mass is 255 g/mol. The average molecular weight is 256 g/mol. The van der Waals surface area contributed by atoms with Crippen molar-refractivity contribution in [3.8, 4) is 5.75 Å². The fourth-order valence-electron chi connectivity index (χ4n) is 1.80. The molecule has 0 atom stereocenters. The molecule has 0 aliphatic carbocycles. The van der Waals surface area contributed by atoms with Gasteiger partial charge in [-0.1, -0.05) is 0 Å². The third kappa shape index (κ3) is 3.13. The average Bonchev–Trinajstić information content (AvgIpc) is 2.26. The number of alkyl halides is 1. The summed E-state index contributed by atoms with van der Waals surface area (Å²) in [5.74, 6) is 1.14. The molecule has 1 aromatic rings. The molecule has 0 aliphatic rings. The van der Waals surface area contributed by atoms with Gasteiger partial charge in [0.05, 0.1) is 7.11 Å². The molecule has 17 heavy (non-hydrogen) atoms. The number of anilines is 1. The molecule has 0 saturated carbocycles. The number of methoxy groups -OCH3 is 1. The maximum absolute atomic E-state index is 11.5. The predicted molar refractivity (Wildman–Crippen MR) is 71.2 cm³/mol. The van der Waals surface area contributed by atoms with Crippen molar-refractivity contribution in [1.82, 2.24) is 0 Å². The van der Waals surface area contributed by atoms with E-state index in [0.717, 1.165) is 28.1 Å². The first kappa shape index (κ1) is 13.8. The van der Waals surface area contributed by atoms with Crippen molar-refractivity contribution in [2.24, 2.45) is 0 Å². The molecule has 4 heteroatoms. The van der Waals surface area contributed by atoms with Crippen LogP contribution in [0.4, 0.5) is 5.69 Å². The van der Waals surface area contributed by atoms with Gasteiger partial charge in [0.1, 0.15) is 5.75 Å². The van der Waals surface area contributed by atoms with Crippen LogP contribution in [0.2, 0.25) is 0 Å². The lowest BCUT2D eigenvalue weighted by Gasteiger charge is -2.16. The number of hydrogen-bond donors (Lipinski definition) is 1. The molecule has 0 radical (unpaired) electrons. The molecule has 0 bridgehead atoms. The summed E-state index contributed by atoms with van der Waals surface area (Å²) >= 11 is 5.53. The van der Waals surface area contributed by atoms with Crippen LogP contribution < -0.4 is 10.1 Å². The van der Waals surface area contributed by atoms with Gasteiger partial charge < -0.3 is 10.1 Å². The number of halogens is 1. The van der Waals surface area contributed by atoms with Gasteiger partial charge in [-0.2, -0.15) is 0 Å². The van der Waals surface area contributed by atoms with Crippen LogP contribution in [-0.4, -0.2) is 18.9 Å². The Morgan fingerprint density at radius 1 is 1.35 bits per heavy atom. The van der Waals surface area contributed by atoms with Crippen LogP contribution in [-0.2, 0) is 4.79 Å². The zero-order chi connectivity index (χ0) is 13.0. The van der Waals surface area contributed by atoms with Gasteiger partial charge in [0, 0.05) is 18.0 Å². The lowest BCUT2D eigenvalue weighted by molar-refractivity contribution is -0.115. The van der Waals surface area contributed by atoms with E-state index in [9.17, 15) is 4.79 Å². The summed E-state index contributed by atoms with van der Waals surface area (Å²) in [5, 5.41) is 2.87. The highest BCUT2D eigenvalue weighted by molar-refractivity contribution is 6.19. The van der Waals surface area contributed by atoms with Crippen LogP contribution in [0.3, 0.4) is 0 Å². The Labute approximate surface area is 107 Å². The number of rotatable bonds is 4. The Balaban J connectivity index is 3.06. The second-order valence-corrected chi connectivity index (χ2v) is 4.39. The Bertz CT molecular complexity index is 430. The first-order chi connectivity index (χ1) is 8.01. The standard InChI is InChI=1S/C13H18ClNO2/c1-8-7-11(15-12(16)5-6-14)9(2)10(3)13(8)17-4/h7H,5-6H2,1-4H3,(H,15,16). The quantitative estimate of drug-likeness (QED) is 0.840. The Morgan fingerprint density at radius 3 is 2.53 bits per heavy atom. The van der Waals surface area contributed by atoms with Crippen molar-refractivity contribution in [2.75, 3.05) is 18.3 Å². The van der Waals surface area contributed by atoms with Crippen LogP contribution in [0, 0.1) is 20.8 Å². The lowest BCUT2D eigenvalue weighted by Crippen LogP contribution is -2.13. The summed E-state index contributed by atoms with van der Waals surface area (Å²) in [4.78, 5) is 11.5. The fourth-order valence-corrected chi connectivity index (χ4v) is 1.97. The Hall–Kier alpha value is -1.22. The number of hydrogen-bond acceptors (Lipinski definition) is 2. The smallest absolute Gasteiger partial charge is 0.225 e. The second kappa shape index (κ2) is 5.92. The molecule has 3 nitrogen and oxygen atoms in total. The third-order valence-corrected chi connectivity index (χ3v) is 3.01. The molecule has 0 unspecified atom stereocenters. The van der Waals surface area contributed by atoms with Gasteiger partial charge in [-0.15, -0.1) is 11.6 Å². The van der Waals surface area contributed by atoms with Gasteiger partial charge in [0.25, 0.3) is 0 Å². The number of nitrogens with one attached hydrogen (secondary N) is 1. The highest BCUT2D eigenvalue weighted by Crippen LogP contribution is 2.31. The van der Waals surface area contributed by atoms with E-state index in [1.807, 2.05) is 26.8 Å². The zero-order valence-electron chi connectivity index (χ0n) is 10.7. The predicted octanol–water partition coefficient (Wildman–Crippen LogP) is 3.19. The van der Waals surface area contributed by atoms with Crippen LogP contribution in [0.1, 0.15) is 23.1 Å². The van der Waals surface area contributed by atoms with Crippen LogP contribution in [0.15, 0.2) is 6.07 Å². The summed E-state index contributed by atoms with van der Waals surface area (Å²) in [5.41, 5.74) is 3.91. The van der Waals surface area contributed by atoms with E-state index in [1.165, 1.54) is 0 Å². The van der Waals surface area contributed by atoms with Crippen LogP contribution in [0.5, 0.6) is 5.75 Å². The minimum absolute atomic E-state index is 0.0629. The maximum atomic E-state index is 11.5. The summed E-state index contributed by atoms with van der Waals surface area (Å²) in [7, 11) is 1.65. The van der Waals surface area contributed by atoms with Crippen LogP contribution in [0.25, 0.3) is 0 Å². The SMILES string of the molecule is COc1c(C)cc(NC(=O)CCCl)c(C)c1C. The fraction of sp³-hybridized carbons (Fsp3) is 0.462. The van der Waals surface area contributed by atoms with Crippen molar-refractivity contribution in [3.05, 3.63) is 22.8 Å². The molecule has 1 N–H and O–H groups in total. The zero-order valence-corrected chi connectivity index (χ0v) is 11.4. The van der Waals surface area contributed by atoms with Crippen molar-refractivity contribution >= 4 is 23.2 Å². The molecule has 0 aliphatic heterocycles. The first-order valence-electron chi connectivity index (χ1n) is 5.51. The van der Waals surface area contributed by atoms with E-state index in [0.29, 0.717) is 12.3 Å². The number of carbonyl (C=O) groups is 1. The molecule has 1 rings (SSSR count). The van der Waals surface area contributed by atoms with E-state index in [1.54, 1.807) is 7.11 Å². The number of amides is 1. The first-order valence-corrected chi connectivity index (χ1v) is 6.05. The van der Waals surface area contributed by atoms with Crippen LogP contribution >= 0.6 is 11.6 Å². The molecular weight excluding hydrogens is 238 g/mol. The largest absolute Gasteiger partial charge is 0.496 e. The third-order valence-electron chi connectivity index (χ3n) is 2.83. The molecule has 0 fully saturated rings. The van der Waals surface area contributed by atoms with Crippen molar-refractivity contribution in [2.45, 2.75) is 27.2 Å². The summed E-state index contributed by atoms with van der Waals surface area (Å²) in [6.07, 6.45) is 0.325. The topological polar surface area (TPSA) is 38.3 Å². The molecule has 1 aromatic carbocycles. The number of aryl methyl sites for hydroxylation is 1. The number of carbonyl (C=O) groups excluding carboxylic acids is 1. The molecule has 94 valence electrons. The van der Waals surface area contributed by atoms with Crippen molar-refractivity contribution in [1.29, 1.82) is 0 Å². The normalized spacial score (nSPS) is 10.2. The lowest BCUT2D eigenvalue weighted by atomic mass is 10.0. The van der Waals surface area contributed by atoms with Gasteiger partial charge in [-0.3, -0.25) is 4.79 Å². The van der Waals surface area contributed by atoms with Gasteiger partial charge in [-0.05, 0) is 43.5 Å². The van der Waals surface area contributed by atoms with Gasteiger partial charge in [-0.25, -0.2) is 0 Å². The maximum Gasteiger partial charge on any atom is 0.225 e. The van der Waals surface area contributed by atoms with E-state index < -0.39 is 0 Å². The summed E-state index contributed by atoms with van der Waals surface area (Å²) in [6, 6.07) is 1.92. The van der Waals surface area contributed by atoms with Gasteiger partial charge in [0.15, 0.2) is 0 Å². The van der Waals surface area contributed by atoms with Crippen molar-refractivity contribution in [3.63, 3.8) is 0 Å². The van der Waals surface area contributed by atoms with E-state index in [4.69, 9.17) is 16.3 Å². The molecule has 0 saturated heterocycles. The molecule has 1 amide bonds. The summed E-state index contributed by atoms with van der Waals surface area (Å²) < 4.78 is 5.33. The highest BCUT2D eigenvalue weighted by atomic mass is 35.5. The minimum atomic E-state index is -0.0629. The molecule has 0 heterocycles. The minimum Gasteiger partial charge on any atom is -0.496 e. The second-order valence-electron chi connectivity index (χ2n) is 4.01. The highest BCUT2D eigenvalue weighted by Gasteiger charge is 2.12. The van der Waals surface area contributed by atoms with Gasteiger partial charge in [0.2, 0.25) is 5.91 Å². The Morgan fingerprint density at radius 2 is 2.00 bits per heavy atom. The molecule has 0 spiro atoms. The van der Waals surface area contributed by atoms with Crippen molar-refractivity contribution < 1.29 is 9.53 Å². The van der Waals surface area contributed by atoms with E-state index in [2.05, 4.69) is 5.32 Å². The van der Waals surface area contributed by atoms with E-state index in [-0.39, 0.29) is 5.91 Å². The summed E-state index contributed by atoms with van der Waals surface area (Å²) in [6.45, 7) is 5.91. The van der Waals surface area contributed by atoms with E-state index >= 15 is 0 Å². The molecular formula is C13H18ClNO2. The van der Waals surface area contributed by atoms with Gasteiger partial charge >= 0.3 is 0 Å².